The van der Waals surface area contributed by atoms with Gasteiger partial charge in [0.1, 0.15) is 12.2 Å². The van der Waals surface area contributed by atoms with E-state index in [0.717, 1.165) is 53.4 Å². The van der Waals surface area contributed by atoms with Gasteiger partial charge in [0.25, 0.3) is 0 Å². The number of hydrogen-bond acceptors (Lipinski definition) is 8. The van der Waals surface area contributed by atoms with Crippen LogP contribution in [0.4, 0.5) is 0 Å². The quantitative estimate of drug-likeness (QED) is 0.113. The Labute approximate surface area is 282 Å². The normalized spacial score (nSPS) is 23.5. The van der Waals surface area contributed by atoms with Crippen LogP contribution in [0.15, 0.2) is 71.2 Å². The van der Waals surface area contributed by atoms with E-state index in [1.165, 1.54) is 6.08 Å². The zero-order valence-electron chi connectivity index (χ0n) is 26.1. The fourth-order valence-electron chi connectivity index (χ4n) is 4.10. The van der Waals surface area contributed by atoms with E-state index in [1.54, 1.807) is 17.4 Å². The molecule has 42 heavy (non-hydrogen) atoms. The minimum Gasteiger partial charge on any atom is -0.556 e. The van der Waals surface area contributed by atoms with Gasteiger partial charge in [0, 0.05) is 63.6 Å². The Kier molecular flexibility index (Phi) is 21.3. The zero-order chi connectivity index (χ0) is 29.3. The second-order valence-corrected chi connectivity index (χ2v) is 10.9. The fraction of sp³-hybridized carbons (Fsp3) is 0.455. The average Bonchev–Trinajstić information content (AvgIpc) is 3.33. The van der Waals surface area contributed by atoms with Gasteiger partial charge in [0.2, 0.25) is 0 Å². The van der Waals surface area contributed by atoms with Crippen LogP contribution in [0.3, 0.4) is 0 Å². The first-order chi connectivity index (χ1) is 19.2. The van der Waals surface area contributed by atoms with E-state index in [2.05, 4.69) is 49.4 Å². The maximum atomic E-state index is 12.7. The summed E-state index contributed by atoms with van der Waals surface area (Å²) in [7, 11) is 0. The molecule has 2 N–H and O–H groups in total. The second kappa shape index (κ2) is 22.4. The summed E-state index contributed by atoms with van der Waals surface area (Å²) in [6.07, 6.45) is 18.1. The molecule has 0 aromatic carbocycles. The van der Waals surface area contributed by atoms with Crippen molar-refractivity contribution in [2.45, 2.75) is 85.0 Å². The van der Waals surface area contributed by atoms with Crippen molar-refractivity contribution in [3.8, 4) is 0 Å². The number of aryl methyl sites for hydroxylation is 1. The van der Waals surface area contributed by atoms with Crippen molar-refractivity contribution in [2.75, 3.05) is 13.1 Å². The predicted octanol–water partition coefficient (Wildman–Crippen LogP) is 6.17. The molecule has 9 heteroatoms. The van der Waals surface area contributed by atoms with E-state index in [4.69, 9.17) is 14.5 Å². The molecule has 1 aromatic heterocycles. The summed E-state index contributed by atoms with van der Waals surface area (Å²) >= 11 is 1.55. The van der Waals surface area contributed by atoms with Crippen molar-refractivity contribution >= 4 is 23.3 Å². The Morgan fingerprint density at radius 1 is 1.21 bits per heavy atom. The molecule has 0 unspecified atom stereocenters. The number of nitrogens with one attached hydrogen (secondary N) is 2. The molecule has 1 aliphatic rings. The molecule has 0 aliphatic carbocycles. The molecule has 1 radical (unpaired) electrons. The van der Waals surface area contributed by atoms with Gasteiger partial charge in [0.15, 0.2) is 0 Å². The molecule has 2 rings (SSSR count). The number of aromatic nitrogens is 1. The number of thiazole rings is 1. The number of fused-ring (bicyclic) bond motifs is 2. The summed E-state index contributed by atoms with van der Waals surface area (Å²) in [5.74, 6) is -0.748. The average molecular weight is 671 g/mol. The van der Waals surface area contributed by atoms with Gasteiger partial charge in [-0.05, 0) is 59.6 Å². The largest absolute Gasteiger partial charge is 0.556 e. The summed E-state index contributed by atoms with van der Waals surface area (Å²) in [4.78, 5) is 30.2. The monoisotopic (exact) mass is 670 g/mol. The van der Waals surface area contributed by atoms with Crippen molar-refractivity contribution in [1.29, 1.82) is 0 Å². The third-order valence-corrected chi connectivity index (χ3v) is 7.07. The van der Waals surface area contributed by atoms with Crippen molar-refractivity contribution in [2.24, 2.45) is 0 Å². The minimum atomic E-state index is -0.512. The molecule has 1 aromatic rings. The summed E-state index contributed by atoms with van der Waals surface area (Å²) in [5, 5.41) is 9.10. The van der Waals surface area contributed by atoms with Crippen LogP contribution in [0.25, 0.3) is 0 Å². The van der Waals surface area contributed by atoms with Gasteiger partial charge in [-0.2, -0.15) is 0 Å². The summed E-state index contributed by atoms with van der Waals surface area (Å²) in [6.45, 7) is 15.3. The molecule has 229 valence electrons. The summed E-state index contributed by atoms with van der Waals surface area (Å²) < 4.78 is 11.5. The third-order valence-electron chi connectivity index (χ3n) is 6.15. The Morgan fingerprint density at radius 2 is 1.95 bits per heavy atom. The maximum Gasteiger partial charge on any atom is 0.331 e. The van der Waals surface area contributed by atoms with E-state index in [-0.39, 0.29) is 52.2 Å². The van der Waals surface area contributed by atoms with Crippen molar-refractivity contribution in [1.82, 2.24) is 15.6 Å². The third kappa shape index (κ3) is 16.5. The second-order valence-electron chi connectivity index (χ2n) is 10.0. The van der Waals surface area contributed by atoms with Gasteiger partial charge in [-0.25, -0.2) is 14.6 Å². The van der Waals surface area contributed by atoms with Gasteiger partial charge in [-0.1, -0.05) is 54.0 Å². The first-order valence-corrected chi connectivity index (χ1v) is 14.8. The molecule has 2 bridgehead atoms. The molecule has 0 saturated carbocycles. The number of cyclic esters (lactones) is 2. The molecule has 0 spiro atoms. The molecule has 1 aliphatic heterocycles. The van der Waals surface area contributed by atoms with E-state index < -0.39 is 18.1 Å². The number of likely N-dealkylation sites (N-methyl/N-ethyl adjacent to an activating group) is 1. The summed E-state index contributed by atoms with van der Waals surface area (Å²) in [5.41, 5.74) is 4.09. The first-order valence-electron chi connectivity index (χ1n) is 13.9. The molecule has 2 heterocycles. The van der Waals surface area contributed by atoms with E-state index in [1.807, 2.05) is 44.4 Å². The Hall–Kier alpha value is -2.13. The van der Waals surface area contributed by atoms with Crippen molar-refractivity contribution < 1.29 is 51.8 Å². The molecule has 7 nitrogen and oxygen atoms in total. The van der Waals surface area contributed by atoms with Crippen molar-refractivity contribution in [3.05, 3.63) is 95.5 Å². The SMILES string of the molecule is C=[C-]N[C@@H]1CCCc2csc(n2)C[C@@H](/C=C(C)/C=C/C(C)=C/CNCC)OC(=O)/C=C\C=C(/C)C[C@H](C)OC1=O.[CH3-].[Y]. The fourth-order valence-corrected chi connectivity index (χ4v) is 4.98. The first kappa shape index (κ1) is 39.9. The number of esters is 2. The molecule has 3 atom stereocenters. The smallest absolute Gasteiger partial charge is 0.331 e. The molecular formula is C33H47N3O4SY-2. The predicted molar refractivity (Wildman–Crippen MR) is 169 cm³/mol. The Balaban J connectivity index is 0.00000840. The minimum absolute atomic E-state index is 0. The standard InChI is InChI=1S/C32H44N3O4S.CH3.Y/c1-7-33-18-17-23(3)15-16-25(5)20-28-21-30-35-27(22-40-30)12-10-13-29(34-8-2)32(37)38-26(6)19-24(4)11-9-14-31(36)39-28;;/h9,11,14-17,20,22,26,28-29,33-34H,2,7,10,12-13,18-19,21H2,1,3-6H3;1H3;/q2*-1;/b14-9-,16-15+,23-17+,24-11+,25-20+;;/t26-,28+,29+;;/m0../s1. The van der Waals surface area contributed by atoms with Gasteiger partial charge >= 0.3 is 11.9 Å². The number of ether oxygens (including phenoxy) is 2. The Morgan fingerprint density at radius 3 is 2.67 bits per heavy atom. The van der Waals surface area contributed by atoms with E-state index in [0.29, 0.717) is 19.3 Å². The molecule has 0 amide bonds. The van der Waals surface area contributed by atoms with Crippen molar-refractivity contribution in [3.63, 3.8) is 0 Å². The van der Waals surface area contributed by atoms with Gasteiger partial charge in [-0.15, -0.1) is 11.3 Å². The van der Waals surface area contributed by atoms with E-state index >= 15 is 0 Å². The van der Waals surface area contributed by atoms with Gasteiger partial charge in [0.05, 0.1) is 16.7 Å². The van der Waals surface area contributed by atoms with Crippen LogP contribution in [0, 0.1) is 13.6 Å². The van der Waals surface area contributed by atoms with Crippen LogP contribution < -0.4 is 10.6 Å². The number of allylic oxidation sites excluding steroid dienone is 6. The van der Waals surface area contributed by atoms with Gasteiger partial charge < -0.3 is 33.7 Å². The molecule has 0 fully saturated rings. The van der Waals surface area contributed by atoms with Crippen LogP contribution in [-0.4, -0.2) is 48.3 Å². The zero-order valence-corrected chi connectivity index (χ0v) is 29.7. The number of nitrogens with zero attached hydrogens (tertiary/aromatic N) is 1. The van der Waals surface area contributed by atoms with E-state index in [9.17, 15) is 9.59 Å². The number of rotatable bonds is 8. The molecular weight excluding hydrogens is 623 g/mol. The molecule has 0 saturated heterocycles. The van der Waals surface area contributed by atoms with Crippen LogP contribution in [0.2, 0.25) is 0 Å². The number of carbonyl (C=O) groups excluding carboxylic acids is 2. The van der Waals surface area contributed by atoms with Crippen LogP contribution in [0.5, 0.6) is 0 Å². The maximum absolute atomic E-state index is 12.7. The van der Waals surface area contributed by atoms with Crippen LogP contribution in [0.1, 0.15) is 64.6 Å². The summed E-state index contributed by atoms with van der Waals surface area (Å²) in [6, 6.07) is -0.512. The topological polar surface area (TPSA) is 89.6 Å². The Bertz CT molecular complexity index is 1140. The number of hydrogen-bond donors (Lipinski definition) is 2. The van der Waals surface area contributed by atoms with Gasteiger partial charge in [-0.3, -0.25) is 6.58 Å². The number of carbonyl (C=O) groups is 2. The van der Waals surface area contributed by atoms with Crippen LogP contribution in [-0.2, 0) is 64.6 Å². The van der Waals surface area contributed by atoms with Crippen LogP contribution >= 0.6 is 11.3 Å².